The van der Waals surface area contributed by atoms with Crippen LogP contribution in [0.4, 0.5) is 5.69 Å². The molecule has 0 atom stereocenters. The van der Waals surface area contributed by atoms with Crippen LogP contribution in [0.2, 0.25) is 0 Å². The van der Waals surface area contributed by atoms with Gasteiger partial charge in [-0.15, -0.1) is 0 Å². The van der Waals surface area contributed by atoms with Crippen molar-refractivity contribution < 1.29 is 9.53 Å². The molecule has 0 aromatic heterocycles. The van der Waals surface area contributed by atoms with Gasteiger partial charge in [0, 0.05) is 38.3 Å². The molecule has 156 valence electrons. The zero-order valence-electron chi connectivity index (χ0n) is 18.3. The molecule has 4 nitrogen and oxygen atoms in total. The number of carbonyl (C=O) groups is 1. The minimum absolute atomic E-state index is 0.163. The lowest BCUT2D eigenvalue weighted by atomic mass is 9.86. The number of rotatable bonds is 5. The van der Waals surface area contributed by atoms with Crippen molar-refractivity contribution in [2.24, 2.45) is 0 Å². The van der Waals surface area contributed by atoms with Crippen LogP contribution < -0.4 is 9.64 Å². The van der Waals surface area contributed by atoms with Gasteiger partial charge in [0.1, 0.15) is 5.75 Å². The molecule has 1 amide bonds. The van der Waals surface area contributed by atoms with Crippen molar-refractivity contribution in [3.63, 3.8) is 0 Å². The molecule has 1 saturated heterocycles. The van der Waals surface area contributed by atoms with Crippen molar-refractivity contribution in [1.29, 1.82) is 0 Å². The van der Waals surface area contributed by atoms with E-state index in [0.29, 0.717) is 6.42 Å². The summed E-state index contributed by atoms with van der Waals surface area (Å²) in [5, 5.41) is 0. The number of hydrogen-bond acceptors (Lipinski definition) is 3. The van der Waals surface area contributed by atoms with Crippen LogP contribution in [-0.2, 0) is 16.6 Å². The highest BCUT2D eigenvalue weighted by atomic mass is 16.5. The van der Waals surface area contributed by atoms with Gasteiger partial charge in [0.2, 0.25) is 5.91 Å². The summed E-state index contributed by atoms with van der Waals surface area (Å²) in [7, 11) is 1.68. The Labute approximate surface area is 175 Å². The molecule has 2 aromatic carbocycles. The molecule has 0 radical (unpaired) electrons. The quantitative estimate of drug-likeness (QED) is 0.739. The van der Waals surface area contributed by atoms with Gasteiger partial charge in [-0.05, 0) is 53.6 Å². The van der Waals surface area contributed by atoms with Gasteiger partial charge in [0.15, 0.2) is 0 Å². The monoisotopic (exact) mass is 394 g/mol. The van der Waals surface area contributed by atoms with Gasteiger partial charge in [-0.1, -0.05) is 45.0 Å². The number of carbonyl (C=O) groups excluding carboxylic acids is 1. The molecule has 1 fully saturated rings. The molecule has 0 N–H and O–H groups in total. The van der Waals surface area contributed by atoms with E-state index in [2.05, 4.69) is 62.1 Å². The molecular weight excluding hydrogens is 360 g/mol. The lowest BCUT2D eigenvalue weighted by molar-refractivity contribution is -0.130. The predicted octanol–water partition coefficient (Wildman–Crippen LogP) is 4.66. The van der Waals surface area contributed by atoms with Crippen LogP contribution in [-0.4, -0.2) is 44.1 Å². The van der Waals surface area contributed by atoms with Crippen LogP contribution in [0.1, 0.15) is 44.7 Å². The highest BCUT2D eigenvalue weighted by Crippen LogP contribution is 2.23. The molecule has 2 aromatic rings. The summed E-state index contributed by atoms with van der Waals surface area (Å²) in [6.07, 6.45) is 2.39. The summed E-state index contributed by atoms with van der Waals surface area (Å²) in [6, 6.07) is 16.9. The summed E-state index contributed by atoms with van der Waals surface area (Å²) >= 11 is 0. The number of hydrogen-bond donors (Lipinski definition) is 0. The molecule has 3 rings (SSSR count). The van der Waals surface area contributed by atoms with E-state index in [1.165, 1.54) is 16.8 Å². The van der Waals surface area contributed by atoms with Crippen LogP contribution in [0.3, 0.4) is 0 Å². The lowest BCUT2D eigenvalue weighted by Crippen LogP contribution is -2.35. The summed E-state index contributed by atoms with van der Waals surface area (Å²) < 4.78 is 5.24. The van der Waals surface area contributed by atoms with Gasteiger partial charge in [0.25, 0.3) is 0 Å². The lowest BCUT2D eigenvalue weighted by Gasteiger charge is -2.24. The first-order valence-corrected chi connectivity index (χ1v) is 10.6. The van der Waals surface area contributed by atoms with E-state index in [1.807, 2.05) is 17.0 Å². The Kier molecular flexibility index (Phi) is 6.83. The third-order valence-corrected chi connectivity index (χ3v) is 5.73. The molecule has 0 aliphatic carbocycles. The van der Waals surface area contributed by atoms with E-state index in [-0.39, 0.29) is 11.3 Å². The first-order valence-electron chi connectivity index (χ1n) is 10.6. The molecule has 4 heteroatoms. The third-order valence-electron chi connectivity index (χ3n) is 5.73. The Bertz CT molecular complexity index is 791. The van der Waals surface area contributed by atoms with Crippen LogP contribution in [0.5, 0.6) is 5.75 Å². The predicted molar refractivity (Wildman–Crippen MR) is 120 cm³/mol. The standard InChI is InChI=1S/C25H34N2O2/c1-25(2,3)21-9-6-20(7-10-21)8-15-24(28)27-17-5-16-26(18-19-27)22-11-13-23(29-4)14-12-22/h6-7,9-14H,5,8,15-19H2,1-4H3. The minimum Gasteiger partial charge on any atom is -0.497 e. The van der Waals surface area contributed by atoms with Crippen molar-refractivity contribution in [3.8, 4) is 5.75 Å². The van der Waals surface area contributed by atoms with E-state index < -0.39 is 0 Å². The van der Waals surface area contributed by atoms with Crippen LogP contribution in [0.15, 0.2) is 48.5 Å². The van der Waals surface area contributed by atoms with Crippen LogP contribution in [0.25, 0.3) is 0 Å². The maximum Gasteiger partial charge on any atom is 0.222 e. The second-order valence-corrected chi connectivity index (χ2v) is 8.87. The molecule has 0 unspecified atom stereocenters. The number of anilines is 1. The molecule has 1 heterocycles. The average molecular weight is 395 g/mol. The molecule has 29 heavy (non-hydrogen) atoms. The van der Waals surface area contributed by atoms with Gasteiger partial charge < -0.3 is 14.5 Å². The zero-order valence-corrected chi connectivity index (χ0v) is 18.3. The zero-order chi connectivity index (χ0) is 20.9. The van der Waals surface area contributed by atoms with Crippen molar-refractivity contribution in [1.82, 2.24) is 4.90 Å². The van der Waals surface area contributed by atoms with Gasteiger partial charge >= 0.3 is 0 Å². The SMILES string of the molecule is COc1ccc(N2CCCN(C(=O)CCc3ccc(C(C)(C)C)cc3)CC2)cc1. The molecule has 0 saturated carbocycles. The Morgan fingerprint density at radius 2 is 1.62 bits per heavy atom. The van der Waals surface area contributed by atoms with Gasteiger partial charge in [-0.25, -0.2) is 0 Å². The molecule has 1 aliphatic rings. The molecule has 0 bridgehead atoms. The second kappa shape index (κ2) is 9.34. The molecule has 1 aliphatic heterocycles. The van der Waals surface area contributed by atoms with E-state index in [0.717, 1.165) is 44.8 Å². The molecular formula is C25H34N2O2. The summed E-state index contributed by atoms with van der Waals surface area (Å²) in [5.41, 5.74) is 3.93. The second-order valence-electron chi connectivity index (χ2n) is 8.87. The maximum absolute atomic E-state index is 12.8. The van der Waals surface area contributed by atoms with E-state index in [1.54, 1.807) is 7.11 Å². The Balaban J connectivity index is 1.51. The number of aryl methyl sites for hydroxylation is 1. The Morgan fingerprint density at radius 1 is 0.931 bits per heavy atom. The van der Waals surface area contributed by atoms with Crippen molar-refractivity contribution in [3.05, 3.63) is 59.7 Å². The highest BCUT2D eigenvalue weighted by molar-refractivity contribution is 5.76. The largest absolute Gasteiger partial charge is 0.497 e. The smallest absolute Gasteiger partial charge is 0.222 e. The first-order chi connectivity index (χ1) is 13.9. The Morgan fingerprint density at radius 3 is 2.24 bits per heavy atom. The van der Waals surface area contributed by atoms with Crippen LogP contribution in [0, 0.1) is 0 Å². The topological polar surface area (TPSA) is 32.8 Å². The Hall–Kier alpha value is -2.49. The van der Waals surface area contributed by atoms with E-state index in [9.17, 15) is 4.79 Å². The number of ether oxygens (including phenoxy) is 1. The highest BCUT2D eigenvalue weighted by Gasteiger charge is 2.19. The van der Waals surface area contributed by atoms with Crippen molar-refractivity contribution >= 4 is 11.6 Å². The third kappa shape index (κ3) is 5.75. The molecule has 0 spiro atoms. The fourth-order valence-corrected chi connectivity index (χ4v) is 3.80. The van der Waals surface area contributed by atoms with Gasteiger partial charge in [-0.2, -0.15) is 0 Å². The average Bonchev–Trinajstić information content (AvgIpc) is 2.98. The normalized spacial score (nSPS) is 15.2. The maximum atomic E-state index is 12.8. The van der Waals surface area contributed by atoms with Crippen molar-refractivity contribution in [2.75, 3.05) is 38.2 Å². The summed E-state index contributed by atoms with van der Waals surface area (Å²) in [6.45, 7) is 10.1. The number of amides is 1. The van der Waals surface area contributed by atoms with Crippen LogP contribution >= 0.6 is 0 Å². The summed E-state index contributed by atoms with van der Waals surface area (Å²) in [4.78, 5) is 17.2. The van der Waals surface area contributed by atoms with Gasteiger partial charge in [-0.3, -0.25) is 4.79 Å². The fourth-order valence-electron chi connectivity index (χ4n) is 3.80. The number of benzene rings is 2. The van der Waals surface area contributed by atoms with E-state index >= 15 is 0 Å². The summed E-state index contributed by atoms with van der Waals surface area (Å²) in [5.74, 6) is 1.14. The van der Waals surface area contributed by atoms with Crippen molar-refractivity contribution in [2.45, 2.75) is 45.4 Å². The number of methoxy groups -OCH3 is 1. The van der Waals surface area contributed by atoms with E-state index in [4.69, 9.17) is 4.74 Å². The first kappa shape index (κ1) is 21.2. The number of nitrogens with zero attached hydrogens (tertiary/aromatic N) is 2. The van der Waals surface area contributed by atoms with Gasteiger partial charge in [0.05, 0.1) is 7.11 Å². The minimum atomic E-state index is 0.163. The fraction of sp³-hybridized carbons (Fsp3) is 0.480.